The highest BCUT2D eigenvalue weighted by atomic mass is 79.9. The predicted octanol–water partition coefficient (Wildman–Crippen LogP) is 7.21. The zero-order valence-corrected chi connectivity index (χ0v) is 22.2. The van der Waals surface area contributed by atoms with Crippen LogP contribution in [0.15, 0.2) is 58.6 Å². The fourth-order valence-electron chi connectivity index (χ4n) is 3.50. The lowest BCUT2D eigenvalue weighted by Crippen LogP contribution is -2.14. The lowest BCUT2D eigenvalue weighted by Gasteiger charge is -2.15. The molecule has 0 spiro atoms. The summed E-state index contributed by atoms with van der Waals surface area (Å²) in [6, 6.07) is 17.6. The topological polar surface area (TPSA) is 71.3 Å². The second-order valence-electron chi connectivity index (χ2n) is 8.41. The summed E-state index contributed by atoms with van der Waals surface area (Å²) in [5.74, 6) is 0.634. The van der Waals surface area contributed by atoms with Gasteiger partial charge in [0, 0.05) is 5.69 Å². The molecule has 0 radical (unpaired) electrons. The number of amides is 1. The van der Waals surface area contributed by atoms with Crippen LogP contribution in [-0.4, -0.2) is 12.5 Å². The standard InChI is InChI=1S/C29H29BrN2O3/c1-6-34-27-15-23(13-24(16-31)29(33)32-26-11-18(2)7-8-20(26)4)14-25(30)28(27)35-17-22-10-9-19(3)21(5)12-22/h7-15H,6,17H2,1-5H3,(H,32,33)/b24-13+. The molecule has 0 heterocycles. The van der Waals surface area contributed by atoms with Crippen LogP contribution in [0, 0.1) is 39.0 Å². The van der Waals surface area contributed by atoms with E-state index in [1.165, 1.54) is 11.1 Å². The Bertz CT molecular complexity index is 1320. The fourth-order valence-corrected chi connectivity index (χ4v) is 4.07. The third-order valence-electron chi connectivity index (χ3n) is 5.60. The highest BCUT2D eigenvalue weighted by Gasteiger charge is 2.15. The summed E-state index contributed by atoms with van der Waals surface area (Å²) in [4.78, 5) is 12.8. The molecular weight excluding hydrogens is 504 g/mol. The van der Waals surface area contributed by atoms with Gasteiger partial charge < -0.3 is 14.8 Å². The molecule has 3 aromatic carbocycles. The maximum Gasteiger partial charge on any atom is 0.266 e. The van der Waals surface area contributed by atoms with E-state index in [0.29, 0.717) is 40.4 Å². The van der Waals surface area contributed by atoms with Gasteiger partial charge in [-0.25, -0.2) is 0 Å². The molecule has 0 fully saturated rings. The van der Waals surface area contributed by atoms with Gasteiger partial charge in [-0.3, -0.25) is 4.79 Å². The van der Waals surface area contributed by atoms with Crippen molar-refractivity contribution in [2.45, 2.75) is 41.2 Å². The highest BCUT2D eigenvalue weighted by Crippen LogP contribution is 2.38. The number of nitrogens with one attached hydrogen (secondary N) is 1. The number of ether oxygens (including phenoxy) is 2. The van der Waals surface area contributed by atoms with E-state index in [-0.39, 0.29) is 5.57 Å². The molecule has 0 atom stereocenters. The maximum absolute atomic E-state index is 12.8. The van der Waals surface area contributed by atoms with Crippen molar-refractivity contribution in [3.63, 3.8) is 0 Å². The number of carbonyl (C=O) groups is 1. The van der Waals surface area contributed by atoms with E-state index in [1.807, 2.05) is 51.1 Å². The van der Waals surface area contributed by atoms with E-state index in [1.54, 1.807) is 18.2 Å². The number of benzene rings is 3. The third kappa shape index (κ3) is 6.74. The fraction of sp³-hybridized carbons (Fsp3) is 0.241. The molecule has 3 aromatic rings. The average Bonchev–Trinajstić information content (AvgIpc) is 2.81. The van der Waals surface area contributed by atoms with Crippen LogP contribution in [0.5, 0.6) is 11.5 Å². The largest absolute Gasteiger partial charge is 0.490 e. The number of hydrogen-bond acceptors (Lipinski definition) is 4. The van der Waals surface area contributed by atoms with Gasteiger partial charge in [0.2, 0.25) is 0 Å². The number of nitrogens with zero attached hydrogens (tertiary/aromatic N) is 1. The SMILES string of the molecule is CCOc1cc(/C=C(\C#N)C(=O)Nc2cc(C)ccc2C)cc(Br)c1OCc1ccc(C)c(C)c1. The number of carbonyl (C=O) groups excluding carboxylic acids is 1. The van der Waals surface area contributed by atoms with Crippen LogP contribution in [0.4, 0.5) is 5.69 Å². The van der Waals surface area contributed by atoms with Crippen molar-refractivity contribution >= 4 is 33.6 Å². The van der Waals surface area contributed by atoms with Crippen LogP contribution in [0.2, 0.25) is 0 Å². The molecule has 0 aliphatic heterocycles. The number of halogens is 1. The summed E-state index contributed by atoms with van der Waals surface area (Å²) in [7, 11) is 0. The first kappa shape index (κ1) is 26.1. The Morgan fingerprint density at radius 3 is 2.43 bits per heavy atom. The molecule has 1 N–H and O–H groups in total. The average molecular weight is 533 g/mol. The van der Waals surface area contributed by atoms with Crippen LogP contribution in [0.1, 0.15) is 40.3 Å². The Morgan fingerprint density at radius 1 is 1.00 bits per heavy atom. The van der Waals surface area contributed by atoms with Gasteiger partial charge in [0.1, 0.15) is 18.2 Å². The van der Waals surface area contributed by atoms with Crippen LogP contribution < -0.4 is 14.8 Å². The number of hydrogen-bond donors (Lipinski definition) is 1. The zero-order chi connectivity index (χ0) is 25.5. The molecule has 0 unspecified atom stereocenters. The minimum Gasteiger partial charge on any atom is -0.490 e. The summed E-state index contributed by atoms with van der Waals surface area (Å²) >= 11 is 3.57. The summed E-state index contributed by atoms with van der Waals surface area (Å²) in [5.41, 5.74) is 6.76. The molecule has 0 aliphatic carbocycles. The molecule has 180 valence electrons. The van der Waals surface area contributed by atoms with Crippen LogP contribution in [0.3, 0.4) is 0 Å². The third-order valence-corrected chi connectivity index (χ3v) is 6.19. The predicted molar refractivity (Wildman–Crippen MR) is 144 cm³/mol. The molecule has 1 amide bonds. The summed E-state index contributed by atoms with van der Waals surface area (Å²) in [6.07, 6.45) is 1.54. The zero-order valence-electron chi connectivity index (χ0n) is 20.7. The second-order valence-corrected chi connectivity index (χ2v) is 9.27. The quantitative estimate of drug-likeness (QED) is 0.245. The maximum atomic E-state index is 12.8. The van der Waals surface area contributed by atoms with Crippen LogP contribution in [-0.2, 0) is 11.4 Å². The van der Waals surface area contributed by atoms with Gasteiger partial charge in [-0.2, -0.15) is 5.26 Å². The van der Waals surface area contributed by atoms with Crippen molar-refractivity contribution in [2.75, 3.05) is 11.9 Å². The lowest BCUT2D eigenvalue weighted by atomic mass is 10.1. The first-order chi connectivity index (χ1) is 16.7. The molecule has 35 heavy (non-hydrogen) atoms. The first-order valence-electron chi connectivity index (χ1n) is 11.4. The van der Waals surface area contributed by atoms with E-state index in [9.17, 15) is 10.1 Å². The van der Waals surface area contributed by atoms with E-state index in [2.05, 4.69) is 47.2 Å². The van der Waals surface area contributed by atoms with Crippen molar-refractivity contribution < 1.29 is 14.3 Å². The molecule has 6 heteroatoms. The van der Waals surface area contributed by atoms with E-state index in [0.717, 1.165) is 16.7 Å². The summed E-state index contributed by atoms with van der Waals surface area (Å²) in [5, 5.41) is 12.5. The number of anilines is 1. The number of aryl methyl sites for hydroxylation is 4. The minimum absolute atomic E-state index is 0.0101. The van der Waals surface area contributed by atoms with E-state index >= 15 is 0 Å². The van der Waals surface area contributed by atoms with Gasteiger partial charge in [-0.05, 0) is 108 Å². The molecule has 0 aromatic heterocycles. The lowest BCUT2D eigenvalue weighted by molar-refractivity contribution is -0.112. The molecule has 0 saturated heterocycles. The molecule has 3 rings (SSSR count). The smallest absolute Gasteiger partial charge is 0.266 e. The number of nitriles is 1. The summed E-state index contributed by atoms with van der Waals surface area (Å²) in [6.45, 7) is 10.7. The molecular formula is C29H29BrN2O3. The molecule has 0 saturated carbocycles. The Kier molecular flexibility index (Phi) is 8.73. The van der Waals surface area contributed by atoms with Gasteiger partial charge in [0.15, 0.2) is 11.5 Å². The van der Waals surface area contributed by atoms with Crippen LogP contribution >= 0.6 is 15.9 Å². The van der Waals surface area contributed by atoms with Gasteiger partial charge in [0.05, 0.1) is 11.1 Å². The highest BCUT2D eigenvalue weighted by molar-refractivity contribution is 9.10. The van der Waals surface area contributed by atoms with Crippen molar-refractivity contribution in [3.05, 3.63) is 92.0 Å². The second kappa shape index (κ2) is 11.7. The minimum atomic E-state index is -0.467. The molecule has 0 aliphatic rings. The van der Waals surface area contributed by atoms with Gasteiger partial charge in [-0.15, -0.1) is 0 Å². The first-order valence-corrected chi connectivity index (χ1v) is 12.2. The normalized spacial score (nSPS) is 11.1. The monoisotopic (exact) mass is 532 g/mol. The Labute approximate surface area is 215 Å². The van der Waals surface area contributed by atoms with Crippen LogP contribution in [0.25, 0.3) is 6.08 Å². The van der Waals surface area contributed by atoms with Crippen molar-refractivity contribution in [1.29, 1.82) is 5.26 Å². The van der Waals surface area contributed by atoms with E-state index < -0.39 is 5.91 Å². The van der Waals surface area contributed by atoms with E-state index in [4.69, 9.17) is 9.47 Å². The Balaban J connectivity index is 1.86. The van der Waals surface area contributed by atoms with Crippen molar-refractivity contribution in [2.24, 2.45) is 0 Å². The molecule has 0 bridgehead atoms. The number of rotatable bonds is 8. The van der Waals surface area contributed by atoms with Crippen molar-refractivity contribution in [3.8, 4) is 17.6 Å². The molecule has 5 nitrogen and oxygen atoms in total. The van der Waals surface area contributed by atoms with Gasteiger partial charge >= 0.3 is 0 Å². The Hall–Kier alpha value is -3.56. The van der Waals surface area contributed by atoms with Gasteiger partial charge in [-0.1, -0.05) is 30.3 Å². The van der Waals surface area contributed by atoms with Gasteiger partial charge in [0.25, 0.3) is 5.91 Å². The summed E-state index contributed by atoms with van der Waals surface area (Å²) < 4.78 is 12.6. The van der Waals surface area contributed by atoms with Crippen molar-refractivity contribution in [1.82, 2.24) is 0 Å². The Morgan fingerprint density at radius 2 is 1.74 bits per heavy atom.